The highest BCUT2D eigenvalue weighted by Crippen LogP contribution is 2.42. The minimum atomic E-state index is -0.296. The number of carbonyl (C=O) groups excluding carboxylic acids is 1. The van der Waals surface area contributed by atoms with E-state index in [1.54, 1.807) is 19.3 Å². The van der Waals surface area contributed by atoms with E-state index in [0.717, 1.165) is 11.3 Å². The molecule has 0 aliphatic carbocycles. The summed E-state index contributed by atoms with van der Waals surface area (Å²) in [6, 6.07) is 4.48. The van der Waals surface area contributed by atoms with Crippen molar-refractivity contribution in [3.05, 3.63) is 52.6 Å². The van der Waals surface area contributed by atoms with Gasteiger partial charge in [-0.25, -0.2) is 4.98 Å². The number of fused-ring (bicyclic) bond motifs is 1. The van der Waals surface area contributed by atoms with Crippen molar-refractivity contribution in [1.29, 1.82) is 0 Å². The van der Waals surface area contributed by atoms with Gasteiger partial charge in [0.1, 0.15) is 5.69 Å². The van der Waals surface area contributed by atoms with Crippen molar-refractivity contribution < 1.29 is 9.53 Å². The number of aromatic nitrogens is 2. The first-order valence-corrected chi connectivity index (χ1v) is 10.1. The van der Waals surface area contributed by atoms with Crippen molar-refractivity contribution in [1.82, 2.24) is 9.97 Å². The number of benzene rings is 1. The highest BCUT2D eigenvalue weighted by Gasteiger charge is 2.28. The van der Waals surface area contributed by atoms with Gasteiger partial charge in [-0.15, -0.1) is 11.8 Å². The van der Waals surface area contributed by atoms with Crippen LogP contribution in [0.5, 0.6) is 0 Å². The average molecular weight is 381 g/mol. The summed E-state index contributed by atoms with van der Waals surface area (Å²) >= 11 is 1.93. The van der Waals surface area contributed by atoms with Crippen molar-refractivity contribution in [2.45, 2.75) is 50.8 Å². The Morgan fingerprint density at radius 3 is 2.78 bits per heavy atom. The van der Waals surface area contributed by atoms with Crippen LogP contribution in [0.1, 0.15) is 55.3 Å². The zero-order valence-corrected chi connectivity index (χ0v) is 17.1. The second-order valence-corrected chi connectivity index (χ2v) is 8.41. The van der Waals surface area contributed by atoms with Crippen molar-refractivity contribution in [2.75, 3.05) is 12.4 Å². The van der Waals surface area contributed by atoms with Gasteiger partial charge in [-0.2, -0.15) is 0 Å². The zero-order valence-electron chi connectivity index (χ0n) is 16.3. The van der Waals surface area contributed by atoms with Crippen molar-refractivity contribution >= 4 is 17.7 Å². The molecule has 27 heavy (non-hydrogen) atoms. The molecule has 0 N–H and O–H groups in total. The number of rotatable bonds is 3. The highest BCUT2D eigenvalue weighted by molar-refractivity contribution is 7.99. The molecule has 1 aliphatic heterocycles. The van der Waals surface area contributed by atoms with Crippen LogP contribution in [0.25, 0.3) is 0 Å². The molecular weight excluding hydrogens is 356 g/mol. The summed E-state index contributed by atoms with van der Waals surface area (Å²) in [5.74, 6) is 7.21. The molecule has 0 bridgehead atoms. The Labute approximate surface area is 165 Å². The second kappa shape index (κ2) is 8.14. The predicted molar refractivity (Wildman–Crippen MR) is 108 cm³/mol. The first-order valence-electron chi connectivity index (χ1n) is 9.15. The molecule has 0 amide bonds. The lowest BCUT2D eigenvalue weighted by atomic mass is 9.80. The first kappa shape index (κ1) is 19.4. The molecule has 140 valence electrons. The summed E-state index contributed by atoms with van der Waals surface area (Å²) in [4.78, 5) is 21.4. The van der Waals surface area contributed by atoms with Crippen LogP contribution in [0.15, 0.2) is 29.4 Å². The molecule has 4 nitrogen and oxygen atoms in total. The lowest BCUT2D eigenvalue weighted by molar-refractivity contribution is -0.142. The van der Waals surface area contributed by atoms with E-state index in [-0.39, 0.29) is 17.8 Å². The number of esters is 1. The van der Waals surface area contributed by atoms with Gasteiger partial charge in [0.05, 0.1) is 31.1 Å². The number of ether oxygens (including phenoxy) is 1. The number of aryl methyl sites for hydroxylation is 1. The molecule has 1 aromatic heterocycles. The van der Waals surface area contributed by atoms with Crippen LogP contribution in [-0.2, 0) is 21.4 Å². The molecule has 3 rings (SSSR count). The molecule has 0 unspecified atom stereocenters. The number of nitrogens with zero attached hydrogens (tertiary/aromatic N) is 2. The van der Waals surface area contributed by atoms with E-state index < -0.39 is 0 Å². The molecule has 1 aliphatic rings. The van der Waals surface area contributed by atoms with Crippen LogP contribution in [0.2, 0.25) is 0 Å². The van der Waals surface area contributed by atoms with Gasteiger partial charge in [0.2, 0.25) is 0 Å². The third-order valence-corrected chi connectivity index (χ3v) is 5.76. The van der Waals surface area contributed by atoms with E-state index in [2.05, 4.69) is 54.7 Å². The first-order chi connectivity index (χ1) is 12.9. The van der Waals surface area contributed by atoms with E-state index in [4.69, 9.17) is 4.74 Å². The van der Waals surface area contributed by atoms with Crippen molar-refractivity contribution in [2.24, 2.45) is 0 Å². The van der Waals surface area contributed by atoms with E-state index in [9.17, 15) is 4.79 Å². The Bertz CT molecular complexity index is 908. The SMILES string of the molecule is CCOC(=O)Cc1cnc(C#Cc2cc3c(cc2C)SCCC3(C)C)cn1. The predicted octanol–water partition coefficient (Wildman–Crippen LogP) is 4.06. The minimum Gasteiger partial charge on any atom is -0.466 e. The van der Waals surface area contributed by atoms with Gasteiger partial charge < -0.3 is 4.74 Å². The maximum atomic E-state index is 11.5. The normalized spacial score (nSPS) is 14.7. The summed E-state index contributed by atoms with van der Waals surface area (Å²) in [5, 5.41) is 0. The maximum Gasteiger partial charge on any atom is 0.311 e. The summed E-state index contributed by atoms with van der Waals surface area (Å²) in [5.41, 5.74) is 4.94. The summed E-state index contributed by atoms with van der Waals surface area (Å²) in [6.45, 7) is 8.84. The maximum absolute atomic E-state index is 11.5. The van der Waals surface area contributed by atoms with Gasteiger partial charge in [-0.1, -0.05) is 19.8 Å². The van der Waals surface area contributed by atoms with Gasteiger partial charge in [0.25, 0.3) is 0 Å². The van der Waals surface area contributed by atoms with Crippen molar-refractivity contribution in [3.8, 4) is 11.8 Å². The summed E-state index contributed by atoms with van der Waals surface area (Å²) < 4.78 is 4.92. The molecule has 0 atom stereocenters. The van der Waals surface area contributed by atoms with E-state index >= 15 is 0 Å². The van der Waals surface area contributed by atoms with Gasteiger partial charge in [0.15, 0.2) is 0 Å². The minimum absolute atomic E-state index is 0.130. The lowest BCUT2D eigenvalue weighted by Crippen LogP contribution is -2.23. The van der Waals surface area contributed by atoms with Crippen LogP contribution >= 0.6 is 11.8 Å². The van der Waals surface area contributed by atoms with Gasteiger partial charge in [0, 0.05) is 10.5 Å². The highest BCUT2D eigenvalue weighted by atomic mass is 32.2. The Morgan fingerprint density at radius 2 is 2.07 bits per heavy atom. The molecule has 2 aromatic rings. The van der Waals surface area contributed by atoms with Crippen LogP contribution in [0.4, 0.5) is 0 Å². The fourth-order valence-corrected chi connectivity index (χ4v) is 4.60. The quantitative estimate of drug-likeness (QED) is 0.594. The lowest BCUT2D eigenvalue weighted by Gasteiger charge is -2.32. The Morgan fingerprint density at radius 1 is 1.26 bits per heavy atom. The second-order valence-electron chi connectivity index (χ2n) is 7.27. The molecule has 2 heterocycles. The average Bonchev–Trinajstić information content (AvgIpc) is 2.61. The Balaban J connectivity index is 1.81. The van der Waals surface area contributed by atoms with Crippen LogP contribution in [-0.4, -0.2) is 28.3 Å². The molecule has 5 heteroatoms. The third-order valence-electron chi connectivity index (χ3n) is 4.70. The standard InChI is InChI=1S/C22H24N2O2S/c1-5-26-21(25)12-18-14-23-17(13-24-18)7-6-16-11-19-20(10-15(16)2)27-9-8-22(19,3)4/h10-11,13-14H,5,8-9,12H2,1-4H3. The summed E-state index contributed by atoms with van der Waals surface area (Å²) in [7, 11) is 0. The van der Waals surface area contributed by atoms with E-state index in [0.29, 0.717) is 18.0 Å². The number of thioether (sulfide) groups is 1. The largest absolute Gasteiger partial charge is 0.466 e. The van der Waals surface area contributed by atoms with Crippen LogP contribution in [0, 0.1) is 18.8 Å². The molecule has 0 radical (unpaired) electrons. The molecular formula is C22H24N2O2S. The Kier molecular flexibility index (Phi) is 5.86. The fraction of sp³-hybridized carbons (Fsp3) is 0.409. The van der Waals surface area contributed by atoms with Gasteiger partial charge in [-0.05, 0) is 60.6 Å². The van der Waals surface area contributed by atoms with Gasteiger partial charge >= 0.3 is 5.97 Å². The smallest absolute Gasteiger partial charge is 0.311 e. The summed E-state index contributed by atoms with van der Waals surface area (Å²) in [6.07, 6.45) is 4.49. The van der Waals surface area contributed by atoms with Crippen molar-refractivity contribution in [3.63, 3.8) is 0 Å². The number of hydrogen-bond donors (Lipinski definition) is 0. The zero-order chi connectivity index (χ0) is 19.4. The number of hydrogen-bond acceptors (Lipinski definition) is 5. The fourth-order valence-electron chi connectivity index (χ4n) is 3.02. The molecule has 1 aromatic carbocycles. The molecule has 0 fully saturated rings. The topological polar surface area (TPSA) is 52.1 Å². The van der Waals surface area contributed by atoms with Crippen LogP contribution < -0.4 is 0 Å². The van der Waals surface area contributed by atoms with Gasteiger partial charge in [-0.3, -0.25) is 9.78 Å². The molecule has 0 spiro atoms. The monoisotopic (exact) mass is 380 g/mol. The Hall–Kier alpha value is -2.32. The molecule has 0 saturated heterocycles. The molecule has 0 saturated carbocycles. The van der Waals surface area contributed by atoms with E-state index in [1.165, 1.54) is 22.4 Å². The van der Waals surface area contributed by atoms with Crippen LogP contribution in [0.3, 0.4) is 0 Å². The third kappa shape index (κ3) is 4.70. The van der Waals surface area contributed by atoms with E-state index in [1.807, 2.05) is 11.8 Å². The number of carbonyl (C=O) groups is 1.